The smallest absolute Gasteiger partial charge is 0.118 e. The molecular formula is C18H30N2O3. The van der Waals surface area contributed by atoms with Crippen molar-refractivity contribution in [2.75, 3.05) is 53.0 Å². The third-order valence-electron chi connectivity index (χ3n) is 5.07. The van der Waals surface area contributed by atoms with Crippen molar-refractivity contribution >= 4 is 0 Å². The van der Waals surface area contributed by atoms with E-state index in [9.17, 15) is 0 Å². The number of fused-ring (bicyclic) bond motifs is 1. The average Bonchev–Trinajstić information content (AvgIpc) is 2.92. The lowest BCUT2D eigenvalue weighted by Crippen LogP contribution is -2.46. The SMILES string of the molecule is CCc1ccc(CN2CCC3CN(CCOC)CCOC3C2)o1. The van der Waals surface area contributed by atoms with Gasteiger partial charge in [0.05, 0.1) is 25.9 Å². The Hall–Kier alpha value is -0.880. The molecule has 0 aliphatic carbocycles. The van der Waals surface area contributed by atoms with Crippen LogP contribution in [0.25, 0.3) is 0 Å². The van der Waals surface area contributed by atoms with Gasteiger partial charge in [0.15, 0.2) is 0 Å². The molecular weight excluding hydrogens is 292 g/mol. The van der Waals surface area contributed by atoms with Crippen LogP contribution in [0.15, 0.2) is 16.5 Å². The highest BCUT2D eigenvalue weighted by atomic mass is 16.5. The van der Waals surface area contributed by atoms with Crippen molar-refractivity contribution in [3.63, 3.8) is 0 Å². The predicted molar refractivity (Wildman–Crippen MR) is 89.5 cm³/mol. The zero-order valence-corrected chi connectivity index (χ0v) is 14.5. The fourth-order valence-corrected chi connectivity index (χ4v) is 3.67. The summed E-state index contributed by atoms with van der Waals surface area (Å²) in [5.41, 5.74) is 0. The highest BCUT2D eigenvalue weighted by Gasteiger charge is 2.33. The van der Waals surface area contributed by atoms with E-state index >= 15 is 0 Å². The zero-order valence-electron chi connectivity index (χ0n) is 14.5. The highest BCUT2D eigenvalue weighted by molar-refractivity contribution is 5.07. The molecule has 3 rings (SSSR count). The molecule has 0 spiro atoms. The van der Waals surface area contributed by atoms with Crippen molar-refractivity contribution in [2.24, 2.45) is 5.92 Å². The van der Waals surface area contributed by atoms with Gasteiger partial charge in [-0.3, -0.25) is 9.80 Å². The van der Waals surface area contributed by atoms with E-state index in [1.54, 1.807) is 7.11 Å². The van der Waals surface area contributed by atoms with Crippen LogP contribution in [0.3, 0.4) is 0 Å². The Bertz CT molecular complexity index is 477. The minimum atomic E-state index is 0.358. The predicted octanol–water partition coefficient (Wildman–Crippen LogP) is 2.01. The summed E-state index contributed by atoms with van der Waals surface area (Å²) in [6.45, 7) is 10.00. The summed E-state index contributed by atoms with van der Waals surface area (Å²) in [7, 11) is 1.77. The Morgan fingerprint density at radius 2 is 2.04 bits per heavy atom. The van der Waals surface area contributed by atoms with Crippen LogP contribution in [0.5, 0.6) is 0 Å². The molecule has 0 saturated carbocycles. The molecule has 0 amide bonds. The van der Waals surface area contributed by atoms with E-state index in [0.717, 1.165) is 70.4 Å². The van der Waals surface area contributed by atoms with E-state index in [0.29, 0.717) is 12.0 Å². The number of aryl methyl sites for hydroxylation is 1. The van der Waals surface area contributed by atoms with E-state index in [2.05, 4.69) is 28.9 Å². The molecule has 2 aliphatic rings. The largest absolute Gasteiger partial charge is 0.465 e. The second-order valence-corrected chi connectivity index (χ2v) is 6.71. The van der Waals surface area contributed by atoms with Crippen molar-refractivity contribution in [2.45, 2.75) is 32.4 Å². The normalized spacial score (nSPS) is 26.9. The maximum Gasteiger partial charge on any atom is 0.118 e. The Morgan fingerprint density at radius 1 is 1.17 bits per heavy atom. The summed E-state index contributed by atoms with van der Waals surface area (Å²) in [6.07, 6.45) is 2.53. The topological polar surface area (TPSA) is 38.1 Å². The van der Waals surface area contributed by atoms with Crippen LogP contribution in [-0.2, 0) is 22.4 Å². The zero-order chi connectivity index (χ0) is 16.1. The van der Waals surface area contributed by atoms with Gasteiger partial charge in [0, 0.05) is 45.6 Å². The molecule has 5 nitrogen and oxygen atoms in total. The van der Waals surface area contributed by atoms with Crippen LogP contribution in [0.2, 0.25) is 0 Å². The van der Waals surface area contributed by atoms with Crippen molar-refractivity contribution in [3.8, 4) is 0 Å². The van der Waals surface area contributed by atoms with Gasteiger partial charge in [-0.1, -0.05) is 6.92 Å². The van der Waals surface area contributed by atoms with Gasteiger partial charge in [-0.25, -0.2) is 0 Å². The Morgan fingerprint density at radius 3 is 2.83 bits per heavy atom. The number of piperidine rings is 1. The van der Waals surface area contributed by atoms with Gasteiger partial charge >= 0.3 is 0 Å². The molecule has 0 N–H and O–H groups in total. The van der Waals surface area contributed by atoms with E-state index < -0.39 is 0 Å². The van der Waals surface area contributed by atoms with E-state index in [1.165, 1.54) is 6.42 Å². The number of hydrogen-bond acceptors (Lipinski definition) is 5. The van der Waals surface area contributed by atoms with Crippen molar-refractivity contribution < 1.29 is 13.9 Å². The minimum absolute atomic E-state index is 0.358. The number of rotatable bonds is 6. The molecule has 2 atom stereocenters. The first-order chi connectivity index (χ1) is 11.3. The molecule has 2 fully saturated rings. The number of furan rings is 1. The van der Waals surface area contributed by atoms with Gasteiger partial charge in [-0.05, 0) is 25.1 Å². The third kappa shape index (κ3) is 4.57. The maximum absolute atomic E-state index is 6.16. The second kappa shape index (κ2) is 8.29. The molecule has 2 saturated heterocycles. The molecule has 0 radical (unpaired) electrons. The van der Waals surface area contributed by atoms with Gasteiger partial charge in [0.25, 0.3) is 0 Å². The van der Waals surface area contributed by atoms with Crippen molar-refractivity contribution in [1.82, 2.24) is 9.80 Å². The molecule has 23 heavy (non-hydrogen) atoms. The number of likely N-dealkylation sites (tertiary alicyclic amines) is 1. The van der Waals surface area contributed by atoms with Crippen molar-refractivity contribution in [3.05, 3.63) is 23.7 Å². The number of nitrogens with zero attached hydrogens (tertiary/aromatic N) is 2. The van der Waals surface area contributed by atoms with Crippen LogP contribution in [-0.4, -0.2) is 69.0 Å². The molecule has 0 aromatic carbocycles. The van der Waals surface area contributed by atoms with Gasteiger partial charge in [0.2, 0.25) is 0 Å². The number of hydrogen-bond donors (Lipinski definition) is 0. The van der Waals surface area contributed by atoms with Crippen LogP contribution >= 0.6 is 0 Å². The minimum Gasteiger partial charge on any atom is -0.465 e. The first-order valence-corrected chi connectivity index (χ1v) is 8.91. The number of ether oxygens (including phenoxy) is 2. The van der Waals surface area contributed by atoms with Gasteiger partial charge < -0.3 is 13.9 Å². The van der Waals surface area contributed by atoms with Crippen LogP contribution < -0.4 is 0 Å². The quantitative estimate of drug-likeness (QED) is 0.801. The summed E-state index contributed by atoms with van der Waals surface area (Å²) in [5, 5.41) is 0. The van der Waals surface area contributed by atoms with Crippen molar-refractivity contribution in [1.29, 1.82) is 0 Å². The molecule has 2 aliphatic heterocycles. The van der Waals surface area contributed by atoms with Gasteiger partial charge in [-0.15, -0.1) is 0 Å². The Kier molecular flexibility index (Phi) is 6.11. The Balaban J connectivity index is 1.52. The van der Waals surface area contributed by atoms with Gasteiger partial charge in [-0.2, -0.15) is 0 Å². The van der Waals surface area contributed by atoms with Crippen LogP contribution in [0.4, 0.5) is 0 Å². The lowest BCUT2D eigenvalue weighted by Gasteiger charge is -2.37. The molecule has 0 bridgehead atoms. The fourth-order valence-electron chi connectivity index (χ4n) is 3.67. The monoisotopic (exact) mass is 322 g/mol. The van der Waals surface area contributed by atoms with E-state index in [4.69, 9.17) is 13.9 Å². The molecule has 5 heteroatoms. The molecule has 1 aromatic heterocycles. The standard InChI is InChI=1S/C18H30N2O3/c1-3-16-4-5-17(23-16)13-20-7-6-15-12-19(8-10-21-2)9-11-22-18(15)14-20/h4-5,15,18H,3,6-14H2,1-2H3. The molecule has 3 heterocycles. The van der Waals surface area contributed by atoms with Crippen LogP contribution in [0.1, 0.15) is 24.9 Å². The first kappa shape index (κ1) is 17.0. The lowest BCUT2D eigenvalue weighted by atomic mass is 9.93. The Labute approximate surface area is 139 Å². The average molecular weight is 322 g/mol. The van der Waals surface area contributed by atoms with Gasteiger partial charge in [0.1, 0.15) is 11.5 Å². The maximum atomic E-state index is 6.16. The lowest BCUT2D eigenvalue weighted by molar-refractivity contribution is -0.0256. The summed E-state index contributed by atoms with van der Waals surface area (Å²) in [6, 6.07) is 4.21. The number of methoxy groups -OCH3 is 1. The molecule has 130 valence electrons. The molecule has 2 unspecified atom stereocenters. The van der Waals surface area contributed by atoms with Crippen LogP contribution in [0, 0.1) is 5.92 Å². The highest BCUT2D eigenvalue weighted by Crippen LogP contribution is 2.25. The third-order valence-corrected chi connectivity index (χ3v) is 5.07. The summed E-state index contributed by atoms with van der Waals surface area (Å²) in [4.78, 5) is 4.97. The second-order valence-electron chi connectivity index (χ2n) is 6.71. The first-order valence-electron chi connectivity index (χ1n) is 8.91. The summed E-state index contributed by atoms with van der Waals surface area (Å²) >= 11 is 0. The fraction of sp³-hybridized carbons (Fsp3) is 0.778. The van der Waals surface area contributed by atoms with E-state index in [1.807, 2.05) is 0 Å². The summed E-state index contributed by atoms with van der Waals surface area (Å²) < 4.78 is 17.2. The van der Waals surface area contributed by atoms with E-state index in [-0.39, 0.29) is 0 Å². The summed E-state index contributed by atoms with van der Waals surface area (Å²) in [5.74, 6) is 2.80. The molecule has 1 aromatic rings.